The predicted molar refractivity (Wildman–Crippen MR) is 131 cm³/mol. The van der Waals surface area contributed by atoms with Crippen molar-refractivity contribution in [3.63, 3.8) is 0 Å². The molecule has 1 aromatic heterocycles. The molecule has 1 saturated heterocycles. The van der Waals surface area contributed by atoms with Gasteiger partial charge in [-0.3, -0.25) is 4.79 Å². The van der Waals surface area contributed by atoms with Crippen LogP contribution in [-0.4, -0.2) is 41.6 Å². The number of benzene rings is 3. The van der Waals surface area contributed by atoms with Crippen LogP contribution in [0.5, 0.6) is 0 Å². The summed E-state index contributed by atoms with van der Waals surface area (Å²) >= 11 is 6.34. The number of halogens is 2. The van der Waals surface area contributed by atoms with E-state index in [0.717, 1.165) is 45.8 Å². The van der Waals surface area contributed by atoms with Gasteiger partial charge in [0.15, 0.2) is 0 Å². The number of hydrogen-bond acceptors (Lipinski definition) is 2. The van der Waals surface area contributed by atoms with Gasteiger partial charge in [-0.2, -0.15) is 0 Å². The fraction of sp³-hybridized carbons (Fsp3) is 0.222. The molecule has 2 heterocycles. The average molecular weight is 462 g/mol. The zero-order valence-corrected chi connectivity index (χ0v) is 19.0. The van der Waals surface area contributed by atoms with Crippen molar-refractivity contribution >= 4 is 34.1 Å². The summed E-state index contributed by atoms with van der Waals surface area (Å²) in [5.41, 5.74) is 4.14. The number of fused-ring (bicyclic) bond motifs is 1. The lowest BCUT2D eigenvalue weighted by Crippen LogP contribution is -2.49. The van der Waals surface area contributed by atoms with Crippen molar-refractivity contribution in [2.24, 2.45) is 0 Å². The third-order valence-electron chi connectivity index (χ3n) is 6.30. The van der Waals surface area contributed by atoms with Gasteiger partial charge in [-0.05, 0) is 41.5 Å². The van der Waals surface area contributed by atoms with Crippen LogP contribution in [0.2, 0.25) is 5.02 Å². The fourth-order valence-corrected chi connectivity index (χ4v) is 4.82. The van der Waals surface area contributed by atoms with Gasteiger partial charge >= 0.3 is 0 Å². The molecule has 0 radical (unpaired) electrons. The third kappa shape index (κ3) is 4.60. The van der Waals surface area contributed by atoms with E-state index in [0.29, 0.717) is 26.1 Å². The lowest BCUT2D eigenvalue weighted by molar-refractivity contribution is -0.130. The number of hydrogen-bond donors (Lipinski definition) is 0. The van der Waals surface area contributed by atoms with E-state index < -0.39 is 0 Å². The van der Waals surface area contributed by atoms with Gasteiger partial charge in [-0.1, -0.05) is 54.1 Å². The molecule has 0 saturated carbocycles. The number of carbonyl (C=O) groups excluding carboxylic acids is 1. The number of carbonyl (C=O) groups is 1. The molecule has 0 spiro atoms. The first kappa shape index (κ1) is 21.5. The van der Waals surface area contributed by atoms with E-state index in [1.165, 1.54) is 12.1 Å². The van der Waals surface area contributed by atoms with E-state index in [4.69, 9.17) is 11.6 Å². The Labute approximate surface area is 197 Å². The topological polar surface area (TPSA) is 28.5 Å². The zero-order valence-electron chi connectivity index (χ0n) is 18.3. The summed E-state index contributed by atoms with van der Waals surface area (Å²) in [4.78, 5) is 17.3. The fourth-order valence-electron chi connectivity index (χ4n) is 4.56. The average Bonchev–Trinajstić information content (AvgIpc) is 3.18. The molecule has 4 aromatic rings. The summed E-state index contributed by atoms with van der Waals surface area (Å²) in [6, 6.07) is 22.5. The van der Waals surface area contributed by atoms with Crippen LogP contribution in [0.25, 0.3) is 10.9 Å². The van der Waals surface area contributed by atoms with Gasteiger partial charge in [0.25, 0.3) is 0 Å². The highest BCUT2D eigenvalue weighted by Crippen LogP contribution is 2.27. The SMILES string of the molecule is O=C(Cc1cn(Cc2ccc(F)cc2)c2ccccc12)N1CCN(c2ccccc2Cl)CC1. The lowest BCUT2D eigenvalue weighted by atomic mass is 10.1. The number of para-hydroxylation sites is 2. The van der Waals surface area contributed by atoms with Gasteiger partial charge < -0.3 is 14.4 Å². The molecule has 0 atom stereocenters. The second kappa shape index (κ2) is 9.28. The molecular weight excluding hydrogens is 437 g/mol. The van der Waals surface area contributed by atoms with Crippen LogP contribution in [0.4, 0.5) is 10.1 Å². The van der Waals surface area contributed by atoms with Gasteiger partial charge in [0.05, 0.1) is 17.1 Å². The number of anilines is 1. The van der Waals surface area contributed by atoms with Crippen LogP contribution < -0.4 is 4.90 Å². The Balaban J connectivity index is 1.30. The number of rotatable bonds is 5. The zero-order chi connectivity index (χ0) is 22.8. The third-order valence-corrected chi connectivity index (χ3v) is 6.62. The molecular formula is C27H25ClFN3O. The van der Waals surface area contributed by atoms with Crippen molar-refractivity contribution in [3.8, 4) is 0 Å². The Morgan fingerprint density at radius 1 is 0.879 bits per heavy atom. The summed E-state index contributed by atoms with van der Waals surface area (Å²) in [6.45, 7) is 3.52. The quantitative estimate of drug-likeness (QED) is 0.399. The number of piperazine rings is 1. The molecule has 1 fully saturated rings. The molecule has 3 aromatic carbocycles. The molecule has 0 bridgehead atoms. The molecule has 33 heavy (non-hydrogen) atoms. The molecule has 0 N–H and O–H groups in total. The van der Waals surface area contributed by atoms with E-state index in [1.807, 2.05) is 41.3 Å². The highest BCUT2D eigenvalue weighted by molar-refractivity contribution is 6.33. The maximum Gasteiger partial charge on any atom is 0.227 e. The summed E-state index contributed by atoms with van der Waals surface area (Å²) in [5, 5.41) is 1.83. The van der Waals surface area contributed by atoms with Crippen LogP contribution >= 0.6 is 11.6 Å². The molecule has 0 unspecified atom stereocenters. The van der Waals surface area contributed by atoms with Gasteiger partial charge in [-0.25, -0.2) is 4.39 Å². The molecule has 1 aliphatic heterocycles. The lowest BCUT2D eigenvalue weighted by Gasteiger charge is -2.36. The summed E-state index contributed by atoms with van der Waals surface area (Å²) in [7, 11) is 0. The van der Waals surface area contributed by atoms with E-state index in [2.05, 4.69) is 27.8 Å². The number of aromatic nitrogens is 1. The van der Waals surface area contributed by atoms with Crippen LogP contribution in [0.1, 0.15) is 11.1 Å². The predicted octanol–water partition coefficient (Wildman–Crippen LogP) is 5.37. The smallest absolute Gasteiger partial charge is 0.227 e. The summed E-state index contributed by atoms with van der Waals surface area (Å²) in [6.07, 6.45) is 2.43. The van der Waals surface area contributed by atoms with E-state index >= 15 is 0 Å². The first-order chi connectivity index (χ1) is 16.1. The van der Waals surface area contributed by atoms with Crippen LogP contribution in [0.3, 0.4) is 0 Å². The maximum absolute atomic E-state index is 13.3. The summed E-state index contributed by atoms with van der Waals surface area (Å²) in [5.74, 6) is -0.101. The van der Waals surface area contributed by atoms with Gasteiger partial charge in [0, 0.05) is 49.8 Å². The van der Waals surface area contributed by atoms with Gasteiger partial charge in [-0.15, -0.1) is 0 Å². The first-order valence-electron chi connectivity index (χ1n) is 11.2. The minimum absolute atomic E-state index is 0.137. The minimum atomic E-state index is -0.239. The van der Waals surface area contributed by atoms with E-state index in [9.17, 15) is 9.18 Å². The van der Waals surface area contributed by atoms with Gasteiger partial charge in [0.2, 0.25) is 5.91 Å². The molecule has 1 aliphatic rings. The minimum Gasteiger partial charge on any atom is -0.367 e. The van der Waals surface area contributed by atoms with Gasteiger partial charge in [0.1, 0.15) is 5.82 Å². The monoisotopic (exact) mass is 461 g/mol. The van der Waals surface area contributed by atoms with Crippen LogP contribution in [-0.2, 0) is 17.8 Å². The van der Waals surface area contributed by atoms with Crippen molar-refractivity contribution < 1.29 is 9.18 Å². The van der Waals surface area contributed by atoms with E-state index in [-0.39, 0.29) is 11.7 Å². The molecule has 6 heteroatoms. The second-order valence-corrected chi connectivity index (χ2v) is 8.83. The normalized spacial score (nSPS) is 14.1. The van der Waals surface area contributed by atoms with Crippen LogP contribution in [0.15, 0.2) is 79.0 Å². The molecule has 5 rings (SSSR count). The van der Waals surface area contributed by atoms with Crippen LogP contribution in [0, 0.1) is 5.82 Å². The second-order valence-electron chi connectivity index (χ2n) is 8.42. The van der Waals surface area contributed by atoms with Crippen molar-refractivity contribution in [2.45, 2.75) is 13.0 Å². The van der Waals surface area contributed by atoms with Crippen molar-refractivity contribution in [1.29, 1.82) is 0 Å². The maximum atomic E-state index is 13.3. The molecule has 4 nitrogen and oxygen atoms in total. The molecule has 1 amide bonds. The van der Waals surface area contributed by atoms with Crippen molar-refractivity contribution in [2.75, 3.05) is 31.1 Å². The highest BCUT2D eigenvalue weighted by Gasteiger charge is 2.23. The first-order valence-corrected chi connectivity index (χ1v) is 11.5. The largest absolute Gasteiger partial charge is 0.367 e. The van der Waals surface area contributed by atoms with Crippen molar-refractivity contribution in [1.82, 2.24) is 9.47 Å². The van der Waals surface area contributed by atoms with E-state index in [1.54, 1.807) is 12.1 Å². The highest BCUT2D eigenvalue weighted by atomic mass is 35.5. The van der Waals surface area contributed by atoms with Crippen molar-refractivity contribution in [3.05, 3.63) is 101 Å². The Kier molecular flexibility index (Phi) is 6.05. The standard InChI is InChI=1S/C27H25ClFN3O/c28-24-6-2-4-8-26(24)30-13-15-31(16-14-30)27(33)17-21-19-32(25-7-3-1-5-23(21)25)18-20-9-11-22(29)12-10-20/h1-12,19H,13-18H2. The Bertz CT molecular complexity index is 1280. The Morgan fingerprint density at radius 2 is 1.58 bits per heavy atom. The Morgan fingerprint density at radius 3 is 2.33 bits per heavy atom. The number of amides is 1. The number of nitrogens with zero attached hydrogens (tertiary/aromatic N) is 3. The Hall–Kier alpha value is -3.31. The summed E-state index contributed by atoms with van der Waals surface area (Å²) < 4.78 is 15.4. The molecule has 0 aliphatic carbocycles. The molecule has 168 valence electrons.